The molecule has 1 heterocycles. The second-order valence-electron chi connectivity index (χ2n) is 3.65. The zero-order valence-corrected chi connectivity index (χ0v) is 10.3. The van der Waals surface area contributed by atoms with Gasteiger partial charge >= 0.3 is 0 Å². The Labute approximate surface area is 109 Å². The van der Waals surface area contributed by atoms with E-state index in [0.717, 1.165) is 0 Å². The second-order valence-corrected chi connectivity index (χ2v) is 4.08. The first-order chi connectivity index (χ1) is 8.61. The molecule has 0 fully saturated rings. The molecule has 1 N–H and O–H groups in total. The van der Waals surface area contributed by atoms with E-state index in [4.69, 9.17) is 21.3 Å². The van der Waals surface area contributed by atoms with Gasteiger partial charge in [-0.15, -0.1) is 0 Å². The van der Waals surface area contributed by atoms with Crippen LogP contribution >= 0.6 is 11.6 Å². The minimum Gasteiger partial charge on any atom is -0.469 e. The molecular weight excluding hydrogens is 252 g/mol. The van der Waals surface area contributed by atoms with Crippen LogP contribution in [0.25, 0.3) is 0 Å². The van der Waals surface area contributed by atoms with Crippen LogP contribution in [0.4, 0.5) is 5.69 Å². The van der Waals surface area contributed by atoms with Gasteiger partial charge in [-0.05, 0) is 31.2 Å². The summed E-state index contributed by atoms with van der Waals surface area (Å²) in [6.45, 7) is 1.69. The van der Waals surface area contributed by atoms with Crippen molar-refractivity contribution in [1.82, 2.24) is 0 Å². The van der Waals surface area contributed by atoms with Crippen molar-refractivity contribution < 1.29 is 9.21 Å². The van der Waals surface area contributed by atoms with Crippen molar-refractivity contribution in [1.29, 1.82) is 5.26 Å². The summed E-state index contributed by atoms with van der Waals surface area (Å²) in [5, 5.41) is 12.0. The zero-order valence-electron chi connectivity index (χ0n) is 9.53. The van der Waals surface area contributed by atoms with Crippen molar-refractivity contribution in [3.8, 4) is 6.07 Å². The van der Waals surface area contributed by atoms with Crippen LogP contribution in [-0.4, -0.2) is 5.91 Å². The minimum absolute atomic E-state index is 0.333. The van der Waals surface area contributed by atoms with E-state index in [9.17, 15) is 4.79 Å². The van der Waals surface area contributed by atoms with Crippen molar-refractivity contribution >= 4 is 23.2 Å². The number of aryl methyl sites for hydroxylation is 1. The van der Waals surface area contributed by atoms with Gasteiger partial charge in [-0.2, -0.15) is 5.26 Å². The number of nitrogens with one attached hydrogen (secondary N) is 1. The zero-order chi connectivity index (χ0) is 13.1. The summed E-state index contributed by atoms with van der Waals surface area (Å²) in [6.07, 6.45) is 1.44. The molecule has 1 amide bonds. The third-order valence-corrected chi connectivity index (χ3v) is 2.69. The number of anilines is 1. The highest BCUT2D eigenvalue weighted by molar-refractivity contribution is 6.31. The van der Waals surface area contributed by atoms with Gasteiger partial charge < -0.3 is 9.73 Å². The number of furan rings is 1. The Morgan fingerprint density at radius 3 is 2.83 bits per heavy atom. The van der Waals surface area contributed by atoms with Gasteiger partial charge in [0.2, 0.25) is 0 Å². The van der Waals surface area contributed by atoms with Gasteiger partial charge in [-0.3, -0.25) is 4.79 Å². The number of hydrogen-bond acceptors (Lipinski definition) is 3. The van der Waals surface area contributed by atoms with Crippen LogP contribution in [0.15, 0.2) is 34.9 Å². The highest BCUT2D eigenvalue weighted by atomic mass is 35.5. The smallest absolute Gasteiger partial charge is 0.259 e. The Balaban J connectivity index is 2.30. The molecule has 0 saturated heterocycles. The lowest BCUT2D eigenvalue weighted by molar-refractivity contribution is 0.102. The lowest BCUT2D eigenvalue weighted by Crippen LogP contribution is -2.13. The Hall–Kier alpha value is -2.25. The number of rotatable bonds is 2. The van der Waals surface area contributed by atoms with Crippen molar-refractivity contribution in [2.24, 2.45) is 0 Å². The standard InChI is InChI=1S/C13H9ClN2O2/c1-8-11(4-5-18-8)13(17)16-12-6-10(14)3-2-9(12)7-15/h2-6H,1H3,(H,16,17). The SMILES string of the molecule is Cc1occc1C(=O)Nc1cc(Cl)ccc1C#N. The molecule has 90 valence electrons. The molecule has 0 aliphatic rings. The van der Waals surface area contributed by atoms with E-state index in [1.165, 1.54) is 12.3 Å². The van der Waals surface area contributed by atoms with Crippen LogP contribution in [0.2, 0.25) is 5.02 Å². The van der Waals surface area contributed by atoms with Gasteiger partial charge in [0.05, 0.1) is 23.1 Å². The molecule has 0 unspecified atom stereocenters. The number of carbonyl (C=O) groups is 1. The first kappa shape index (κ1) is 12.2. The van der Waals surface area contributed by atoms with Gasteiger partial charge in [0.1, 0.15) is 11.8 Å². The monoisotopic (exact) mass is 260 g/mol. The molecular formula is C13H9ClN2O2. The van der Waals surface area contributed by atoms with Gasteiger partial charge in [0.15, 0.2) is 0 Å². The molecule has 5 heteroatoms. The Morgan fingerprint density at radius 1 is 1.44 bits per heavy atom. The third-order valence-electron chi connectivity index (χ3n) is 2.45. The Bertz CT molecular complexity index is 641. The van der Waals surface area contributed by atoms with Crippen LogP contribution in [-0.2, 0) is 0 Å². The molecule has 1 aromatic carbocycles. The van der Waals surface area contributed by atoms with Gasteiger partial charge in [0, 0.05) is 5.02 Å². The van der Waals surface area contributed by atoms with Crippen molar-refractivity contribution in [3.05, 3.63) is 52.4 Å². The molecule has 0 bridgehead atoms. The fourth-order valence-corrected chi connectivity index (χ4v) is 1.70. The van der Waals surface area contributed by atoms with E-state index in [2.05, 4.69) is 5.32 Å². The first-order valence-corrected chi connectivity index (χ1v) is 5.54. The summed E-state index contributed by atoms with van der Waals surface area (Å²) in [5.74, 6) is 0.188. The number of nitriles is 1. The molecule has 2 aromatic rings. The molecule has 0 atom stereocenters. The lowest BCUT2D eigenvalue weighted by Gasteiger charge is -2.06. The van der Waals surface area contributed by atoms with Gasteiger partial charge in [-0.1, -0.05) is 11.6 Å². The summed E-state index contributed by atoms with van der Waals surface area (Å²) in [6, 6.07) is 8.25. The Morgan fingerprint density at radius 2 is 2.22 bits per heavy atom. The van der Waals surface area contributed by atoms with E-state index >= 15 is 0 Å². The number of benzene rings is 1. The summed E-state index contributed by atoms with van der Waals surface area (Å²) in [7, 11) is 0. The fourth-order valence-electron chi connectivity index (χ4n) is 1.53. The number of amides is 1. The van der Waals surface area contributed by atoms with Crippen LogP contribution in [0.1, 0.15) is 21.7 Å². The maximum Gasteiger partial charge on any atom is 0.259 e. The van der Waals surface area contributed by atoms with Crippen molar-refractivity contribution in [2.75, 3.05) is 5.32 Å². The quantitative estimate of drug-likeness (QED) is 0.900. The summed E-state index contributed by atoms with van der Waals surface area (Å²) in [5.41, 5.74) is 1.17. The predicted octanol–water partition coefficient (Wildman–Crippen LogP) is 3.37. The molecule has 4 nitrogen and oxygen atoms in total. The van der Waals surface area contributed by atoms with E-state index in [0.29, 0.717) is 27.6 Å². The van der Waals surface area contributed by atoms with Crippen LogP contribution in [0, 0.1) is 18.3 Å². The molecule has 0 aliphatic heterocycles. The fraction of sp³-hybridized carbons (Fsp3) is 0.0769. The summed E-state index contributed by atoms with van der Waals surface area (Å²) < 4.78 is 5.05. The number of nitrogens with zero attached hydrogens (tertiary/aromatic N) is 1. The second kappa shape index (κ2) is 4.94. The number of hydrogen-bond donors (Lipinski definition) is 1. The van der Waals surface area contributed by atoms with Gasteiger partial charge in [0.25, 0.3) is 5.91 Å². The molecule has 0 aliphatic carbocycles. The first-order valence-electron chi connectivity index (χ1n) is 5.17. The van der Waals surface area contributed by atoms with E-state index in [1.807, 2.05) is 6.07 Å². The minimum atomic E-state index is -0.333. The van der Waals surface area contributed by atoms with Crippen molar-refractivity contribution in [3.63, 3.8) is 0 Å². The predicted molar refractivity (Wildman–Crippen MR) is 67.6 cm³/mol. The maximum absolute atomic E-state index is 12.0. The number of carbonyl (C=O) groups excluding carboxylic acids is 1. The van der Waals surface area contributed by atoms with Crippen LogP contribution < -0.4 is 5.32 Å². The largest absolute Gasteiger partial charge is 0.469 e. The number of halogens is 1. The average molecular weight is 261 g/mol. The lowest BCUT2D eigenvalue weighted by atomic mass is 10.1. The van der Waals surface area contributed by atoms with Crippen LogP contribution in [0.5, 0.6) is 0 Å². The molecule has 0 spiro atoms. The normalized spacial score (nSPS) is 9.83. The Kier molecular flexibility index (Phi) is 3.35. The highest BCUT2D eigenvalue weighted by Gasteiger charge is 2.13. The topological polar surface area (TPSA) is 66.0 Å². The summed E-state index contributed by atoms with van der Waals surface area (Å²) >= 11 is 5.83. The maximum atomic E-state index is 12.0. The van der Waals surface area contributed by atoms with E-state index in [-0.39, 0.29) is 5.91 Å². The van der Waals surface area contributed by atoms with Gasteiger partial charge in [-0.25, -0.2) is 0 Å². The highest BCUT2D eigenvalue weighted by Crippen LogP contribution is 2.21. The molecule has 18 heavy (non-hydrogen) atoms. The third kappa shape index (κ3) is 2.36. The van der Waals surface area contributed by atoms with Crippen molar-refractivity contribution in [2.45, 2.75) is 6.92 Å². The molecule has 2 rings (SSSR count). The molecule has 1 aromatic heterocycles. The summed E-state index contributed by atoms with van der Waals surface area (Å²) in [4.78, 5) is 12.0. The average Bonchev–Trinajstić information content (AvgIpc) is 2.76. The molecule has 0 saturated carbocycles. The molecule has 0 radical (unpaired) electrons. The van der Waals surface area contributed by atoms with E-state index in [1.54, 1.807) is 25.1 Å². The van der Waals surface area contributed by atoms with Crippen LogP contribution in [0.3, 0.4) is 0 Å². The van der Waals surface area contributed by atoms with E-state index < -0.39 is 0 Å².